The standard InChI is InChI=1S/C26H29ClN2O5S/c1-6-33-21-12-18(13-22-24(30)29(16(4)5)26(35-22)28-15(2)3)11-20(27)23(21)34-14-17-8-7-9-19(10-17)25(31)32/h7-13,15-16H,6,14H2,1-5H3,(H,31,32)/b22-13+,28-26?. The molecule has 1 saturated heterocycles. The van der Waals surface area contributed by atoms with Crippen LogP contribution in [0, 0.1) is 0 Å². The Morgan fingerprint density at radius 2 is 1.94 bits per heavy atom. The summed E-state index contributed by atoms with van der Waals surface area (Å²) in [5.74, 6) is -0.313. The summed E-state index contributed by atoms with van der Waals surface area (Å²) in [6, 6.07) is 10.0. The van der Waals surface area contributed by atoms with Crippen LogP contribution in [-0.4, -0.2) is 45.7 Å². The van der Waals surface area contributed by atoms with E-state index in [-0.39, 0.29) is 30.2 Å². The van der Waals surface area contributed by atoms with Gasteiger partial charge in [-0.1, -0.05) is 23.7 Å². The summed E-state index contributed by atoms with van der Waals surface area (Å²) in [5, 5.41) is 10.2. The number of carbonyl (C=O) groups is 2. The average Bonchev–Trinajstić information content (AvgIpc) is 3.07. The number of thioether (sulfide) groups is 1. The fourth-order valence-electron chi connectivity index (χ4n) is 3.43. The van der Waals surface area contributed by atoms with E-state index in [0.29, 0.717) is 44.3 Å². The molecular formula is C26H29ClN2O5S. The van der Waals surface area contributed by atoms with Crippen molar-refractivity contribution in [2.75, 3.05) is 6.61 Å². The van der Waals surface area contributed by atoms with Crippen LogP contribution in [0.1, 0.15) is 56.1 Å². The van der Waals surface area contributed by atoms with Gasteiger partial charge in [0.05, 0.1) is 22.1 Å². The van der Waals surface area contributed by atoms with E-state index in [1.165, 1.54) is 17.8 Å². The molecule has 0 atom stereocenters. The normalized spacial score (nSPS) is 16.1. The third-order valence-electron chi connectivity index (χ3n) is 4.91. The molecule has 3 rings (SSSR count). The molecule has 2 aromatic rings. The van der Waals surface area contributed by atoms with Crippen LogP contribution >= 0.6 is 23.4 Å². The number of hydrogen-bond donors (Lipinski definition) is 1. The molecule has 9 heteroatoms. The van der Waals surface area contributed by atoms with Crippen LogP contribution in [0.4, 0.5) is 0 Å². The van der Waals surface area contributed by atoms with Crippen LogP contribution in [0.5, 0.6) is 11.5 Å². The zero-order valence-electron chi connectivity index (χ0n) is 20.4. The van der Waals surface area contributed by atoms with Gasteiger partial charge in [0.1, 0.15) is 6.61 Å². The van der Waals surface area contributed by atoms with Crippen molar-refractivity contribution < 1.29 is 24.2 Å². The van der Waals surface area contributed by atoms with Gasteiger partial charge in [-0.3, -0.25) is 14.7 Å². The predicted molar refractivity (Wildman–Crippen MR) is 140 cm³/mol. The quantitative estimate of drug-likeness (QED) is 0.405. The lowest BCUT2D eigenvalue weighted by Gasteiger charge is -2.20. The summed E-state index contributed by atoms with van der Waals surface area (Å²) in [6.45, 7) is 10.2. The number of ether oxygens (including phenoxy) is 2. The first-order chi connectivity index (χ1) is 16.6. The molecule has 1 fully saturated rings. The average molecular weight is 517 g/mol. The van der Waals surface area contributed by atoms with Gasteiger partial charge in [-0.25, -0.2) is 4.79 Å². The number of nitrogens with zero attached hydrogens (tertiary/aromatic N) is 2. The number of benzene rings is 2. The predicted octanol–water partition coefficient (Wildman–Crippen LogP) is 6.11. The summed E-state index contributed by atoms with van der Waals surface area (Å²) in [7, 11) is 0. The Hall–Kier alpha value is -2.97. The van der Waals surface area contributed by atoms with E-state index >= 15 is 0 Å². The summed E-state index contributed by atoms with van der Waals surface area (Å²) in [6.07, 6.45) is 1.78. The van der Waals surface area contributed by atoms with Crippen molar-refractivity contribution in [1.82, 2.24) is 4.90 Å². The highest BCUT2D eigenvalue weighted by Gasteiger charge is 2.35. The molecule has 0 bridgehead atoms. The maximum Gasteiger partial charge on any atom is 0.335 e. The van der Waals surface area contributed by atoms with Gasteiger partial charge >= 0.3 is 5.97 Å². The molecule has 1 heterocycles. The number of carboxylic acids is 1. The molecule has 1 aliphatic heterocycles. The van der Waals surface area contributed by atoms with Gasteiger partial charge in [-0.2, -0.15) is 0 Å². The highest BCUT2D eigenvalue weighted by Crippen LogP contribution is 2.40. The first kappa shape index (κ1) is 26.6. The SMILES string of the molecule is CCOc1cc(/C=C2/SC(=NC(C)C)N(C(C)C)C2=O)cc(Cl)c1OCc1cccc(C(=O)O)c1. The van der Waals surface area contributed by atoms with E-state index < -0.39 is 5.97 Å². The third kappa shape index (κ3) is 6.58. The number of hydrogen-bond acceptors (Lipinski definition) is 6. The second-order valence-electron chi connectivity index (χ2n) is 8.44. The van der Waals surface area contributed by atoms with E-state index in [2.05, 4.69) is 4.99 Å². The molecule has 0 spiro atoms. The highest BCUT2D eigenvalue weighted by molar-refractivity contribution is 8.18. The van der Waals surface area contributed by atoms with Crippen LogP contribution in [0.3, 0.4) is 0 Å². The number of carboxylic acid groups (broad SMARTS) is 1. The summed E-state index contributed by atoms with van der Waals surface area (Å²) in [5.41, 5.74) is 1.57. The first-order valence-electron chi connectivity index (χ1n) is 11.3. The lowest BCUT2D eigenvalue weighted by Crippen LogP contribution is -2.35. The third-order valence-corrected chi connectivity index (χ3v) is 6.19. The zero-order chi connectivity index (χ0) is 25.7. The summed E-state index contributed by atoms with van der Waals surface area (Å²) < 4.78 is 11.7. The van der Waals surface area contributed by atoms with Crippen LogP contribution < -0.4 is 9.47 Å². The molecule has 0 saturated carbocycles. The van der Waals surface area contributed by atoms with Gasteiger partial charge in [0.15, 0.2) is 16.7 Å². The Bertz CT molecular complexity index is 1180. The van der Waals surface area contributed by atoms with E-state index in [4.69, 9.17) is 21.1 Å². The fraction of sp³-hybridized carbons (Fsp3) is 0.346. The van der Waals surface area contributed by atoms with Crippen LogP contribution in [-0.2, 0) is 11.4 Å². The number of aromatic carboxylic acids is 1. The van der Waals surface area contributed by atoms with Crippen molar-refractivity contribution in [2.45, 2.75) is 53.3 Å². The molecule has 186 valence electrons. The largest absolute Gasteiger partial charge is 0.490 e. The van der Waals surface area contributed by atoms with Gasteiger partial charge in [0.25, 0.3) is 5.91 Å². The van der Waals surface area contributed by atoms with Gasteiger partial charge in [-0.15, -0.1) is 0 Å². The Morgan fingerprint density at radius 3 is 2.57 bits per heavy atom. The minimum absolute atomic E-state index is 0.0172. The molecular weight excluding hydrogens is 488 g/mol. The van der Waals surface area contributed by atoms with E-state index in [9.17, 15) is 14.7 Å². The number of rotatable bonds is 9. The van der Waals surface area contributed by atoms with E-state index in [1.807, 2.05) is 34.6 Å². The van der Waals surface area contributed by atoms with Crippen molar-refractivity contribution in [2.24, 2.45) is 4.99 Å². The minimum atomic E-state index is -1.01. The first-order valence-corrected chi connectivity index (χ1v) is 12.5. The van der Waals surface area contributed by atoms with Crippen molar-refractivity contribution in [3.8, 4) is 11.5 Å². The number of amides is 1. The van der Waals surface area contributed by atoms with Crippen molar-refractivity contribution >= 4 is 46.5 Å². The Kier molecular flexibility index (Phi) is 8.86. The van der Waals surface area contributed by atoms with Crippen molar-refractivity contribution in [3.05, 3.63) is 63.0 Å². The van der Waals surface area contributed by atoms with Gasteiger partial charge < -0.3 is 14.6 Å². The molecule has 2 aromatic carbocycles. The molecule has 35 heavy (non-hydrogen) atoms. The van der Waals surface area contributed by atoms with Crippen molar-refractivity contribution in [1.29, 1.82) is 0 Å². The number of aliphatic imine (C=N–C) groups is 1. The Balaban J connectivity index is 1.90. The number of amidine groups is 1. The summed E-state index contributed by atoms with van der Waals surface area (Å²) in [4.78, 5) is 31.2. The van der Waals surface area contributed by atoms with Crippen LogP contribution in [0.2, 0.25) is 5.02 Å². The lowest BCUT2D eigenvalue weighted by atomic mass is 10.1. The zero-order valence-corrected chi connectivity index (χ0v) is 21.9. The molecule has 0 aliphatic carbocycles. The molecule has 0 aromatic heterocycles. The lowest BCUT2D eigenvalue weighted by molar-refractivity contribution is -0.123. The Morgan fingerprint density at radius 1 is 1.20 bits per heavy atom. The summed E-state index contributed by atoms with van der Waals surface area (Å²) >= 11 is 7.91. The van der Waals surface area contributed by atoms with Crippen LogP contribution in [0.25, 0.3) is 6.08 Å². The fourth-order valence-corrected chi connectivity index (χ4v) is 4.93. The molecule has 0 radical (unpaired) electrons. The van der Waals surface area contributed by atoms with Crippen molar-refractivity contribution in [3.63, 3.8) is 0 Å². The van der Waals surface area contributed by atoms with E-state index in [0.717, 1.165) is 0 Å². The van der Waals surface area contributed by atoms with Crippen LogP contribution in [0.15, 0.2) is 46.3 Å². The second-order valence-corrected chi connectivity index (χ2v) is 9.86. The minimum Gasteiger partial charge on any atom is -0.490 e. The number of carbonyl (C=O) groups excluding carboxylic acids is 1. The smallest absolute Gasteiger partial charge is 0.335 e. The monoisotopic (exact) mass is 516 g/mol. The molecule has 1 aliphatic rings. The van der Waals surface area contributed by atoms with Gasteiger partial charge in [0, 0.05) is 12.1 Å². The maximum absolute atomic E-state index is 13.1. The molecule has 7 nitrogen and oxygen atoms in total. The molecule has 0 unspecified atom stereocenters. The number of halogens is 1. The van der Waals surface area contributed by atoms with Gasteiger partial charge in [-0.05, 0) is 87.8 Å². The second kappa shape index (κ2) is 11.6. The topological polar surface area (TPSA) is 88.4 Å². The van der Waals surface area contributed by atoms with E-state index in [1.54, 1.807) is 41.3 Å². The maximum atomic E-state index is 13.1. The molecule has 1 amide bonds. The van der Waals surface area contributed by atoms with Gasteiger partial charge in [0.2, 0.25) is 0 Å². The molecule has 1 N–H and O–H groups in total. The highest BCUT2D eigenvalue weighted by atomic mass is 35.5. The Labute approximate surface area is 214 Å².